The highest BCUT2D eigenvalue weighted by Crippen LogP contribution is 2.25. The minimum atomic E-state index is -0.260. The Bertz CT molecular complexity index is 965. The highest BCUT2D eigenvalue weighted by molar-refractivity contribution is 6.99. The Labute approximate surface area is 135 Å². The van der Waals surface area contributed by atoms with Gasteiger partial charge in [0.15, 0.2) is 11.6 Å². The Kier molecular flexibility index (Phi) is 3.32. The van der Waals surface area contributed by atoms with Gasteiger partial charge in [-0.2, -0.15) is 8.75 Å². The van der Waals surface area contributed by atoms with Gasteiger partial charge in [-0.3, -0.25) is 4.79 Å². The molecule has 0 spiro atoms. The molecule has 4 rings (SSSR count). The van der Waals surface area contributed by atoms with Gasteiger partial charge in [0.05, 0.1) is 35.3 Å². The van der Waals surface area contributed by atoms with E-state index in [2.05, 4.69) is 19.0 Å². The number of furan rings is 1. The molecule has 0 saturated carbocycles. The molecule has 0 fully saturated rings. The zero-order valence-corrected chi connectivity index (χ0v) is 12.6. The summed E-state index contributed by atoms with van der Waals surface area (Å²) in [5.74, 6) is 0.782. The maximum Gasteiger partial charge on any atom is 0.257 e. The molecule has 6 nitrogen and oxygen atoms in total. The molecule has 0 saturated heterocycles. The SMILES string of the molecule is O=C(Nc1cnsn1)c1cc(-c2ccco2)nc2ccccc12. The van der Waals surface area contributed by atoms with Crippen LogP contribution in [0.3, 0.4) is 0 Å². The van der Waals surface area contributed by atoms with Crippen LogP contribution in [0.25, 0.3) is 22.4 Å². The van der Waals surface area contributed by atoms with Crippen molar-refractivity contribution in [3.8, 4) is 11.5 Å². The van der Waals surface area contributed by atoms with Crippen LogP contribution >= 0.6 is 11.7 Å². The monoisotopic (exact) mass is 322 g/mol. The lowest BCUT2D eigenvalue weighted by molar-refractivity contribution is 0.102. The predicted octanol–water partition coefficient (Wildman–Crippen LogP) is 3.60. The lowest BCUT2D eigenvalue weighted by Gasteiger charge is -2.08. The fourth-order valence-corrected chi connectivity index (χ4v) is 2.69. The maximum absolute atomic E-state index is 12.6. The summed E-state index contributed by atoms with van der Waals surface area (Å²) >= 11 is 1.04. The van der Waals surface area contributed by atoms with E-state index >= 15 is 0 Å². The minimum Gasteiger partial charge on any atom is -0.463 e. The van der Waals surface area contributed by atoms with E-state index in [-0.39, 0.29) is 5.91 Å². The Morgan fingerprint density at radius 1 is 1.17 bits per heavy atom. The van der Waals surface area contributed by atoms with Gasteiger partial charge in [-0.05, 0) is 24.3 Å². The zero-order chi connectivity index (χ0) is 15.6. The Morgan fingerprint density at radius 3 is 2.87 bits per heavy atom. The van der Waals surface area contributed by atoms with Crippen molar-refractivity contribution >= 4 is 34.4 Å². The van der Waals surface area contributed by atoms with E-state index in [4.69, 9.17) is 4.42 Å². The highest BCUT2D eigenvalue weighted by Gasteiger charge is 2.15. The van der Waals surface area contributed by atoms with Crippen molar-refractivity contribution in [2.45, 2.75) is 0 Å². The maximum atomic E-state index is 12.6. The van der Waals surface area contributed by atoms with Crippen molar-refractivity contribution in [2.24, 2.45) is 0 Å². The van der Waals surface area contributed by atoms with E-state index in [1.54, 1.807) is 18.4 Å². The number of carbonyl (C=O) groups excluding carboxylic acids is 1. The smallest absolute Gasteiger partial charge is 0.257 e. The number of hydrogen-bond donors (Lipinski definition) is 1. The Morgan fingerprint density at radius 2 is 2.09 bits per heavy atom. The molecule has 3 aromatic heterocycles. The molecule has 0 aliphatic carbocycles. The summed E-state index contributed by atoms with van der Waals surface area (Å²) in [6.07, 6.45) is 3.09. The summed E-state index contributed by atoms with van der Waals surface area (Å²) in [7, 11) is 0. The van der Waals surface area contributed by atoms with Crippen molar-refractivity contribution in [1.29, 1.82) is 0 Å². The Balaban J connectivity index is 1.85. The summed E-state index contributed by atoms with van der Waals surface area (Å²) in [5, 5.41) is 3.51. The van der Waals surface area contributed by atoms with Gasteiger partial charge in [0.1, 0.15) is 5.69 Å². The van der Waals surface area contributed by atoms with Crippen molar-refractivity contribution in [3.05, 3.63) is 60.5 Å². The first kappa shape index (κ1) is 13.6. The lowest BCUT2D eigenvalue weighted by Crippen LogP contribution is -2.13. The average Bonchev–Trinajstić information content (AvgIpc) is 3.27. The molecule has 3 heterocycles. The number of fused-ring (bicyclic) bond motifs is 1. The number of aromatic nitrogens is 3. The first-order valence-electron chi connectivity index (χ1n) is 6.84. The van der Waals surface area contributed by atoms with Crippen molar-refractivity contribution < 1.29 is 9.21 Å². The third-order valence-corrected chi connectivity index (χ3v) is 3.82. The number of pyridine rings is 1. The number of rotatable bonds is 3. The second-order valence-corrected chi connectivity index (χ2v) is 5.35. The molecule has 112 valence electrons. The number of amides is 1. The van der Waals surface area contributed by atoms with Crippen LogP contribution < -0.4 is 5.32 Å². The number of para-hydroxylation sites is 1. The molecule has 1 N–H and O–H groups in total. The van der Waals surface area contributed by atoms with E-state index in [1.165, 1.54) is 6.20 Å². The van der Waals surface area contributed by atoms with Crippen LogP contribution in [0.1, 0.15) is 10.4 Å². The summed E-state index contributed by atoms with van der Waals surface area (Å²) < 4.78 is 13.3. The van der Waals surface area contributed by atoms with E-state index in [0.717, 1.165) is 22.6 Å². The minimum absolute atomic E-state index is 0.260. The second kappa shape index (κ2) is 5.62. The number of nitrogens with zero attached hydrogens (tertiary/aromatic N) is 3. The third-order valence-electron chi connectivity index (χ3n) is 3.34. The van der Waals surface area contributed by atoms with Crippen LogP contribution in [0.15, 0.2) is 59.3 Å². The number of nitrogens with one attached hydrogen (secondary N) is 1. The van der Waals surface area contributed by atoms with Crippen LogP contribution in [-0.2, 0) is 0 Å². The van der Waals surface area contributed by atoms with E-state index in [9.17, 15) is 4.79 Å². The fourth-order valence-electron chi connectivity index (χ4n) is 2.32. The van der Waals surface area contributed by atoms with E-state index < -0.39 is 0 Å². The van der Waals surface area contributed by atoms with Gasteiger partial charge >= 0.3 is 0 Å². The number of hydrogen-bond acceptors (Lipinski definition) is 6. The van der Waals surface area contributed by atoms with Gasteiger partial charge in [0, 0.05) is 5.39 Å². The summed E-state index contributed by atoms with van der Waals surface area (Å²) in [6, 6.07) is 12.8. The Hall–Kier alpha value is -3.06. The molecule has 0 unspecified atom stereocenters. The van der Waals surface area contributed by atoms with Gasteiger partial charge in [0.25, 0.3) is 5.91 Å². The van der Waals surface area contributed by atoms with Crippen LogP contribution in [0, 0.1) is 0 Å². The summed E-state index contributed by atoms with van der Waals surface area (Å²) in [5.41, 5.74) is 1.84. The largest absolute Gasteiger partial charge is 0.463 e. The quantitative estimate of drug-likeness (QED) is 0.623. The van der Waals surface area contributed by atoms with Crippen LogP contribution in [0.5, 0.6) is 0 Å². The molecule has 0 aliphatic heterocycles. The molecule has 0 radical (unpaired) electrons. The first-order valence-corrected chi connectivity index (χ1v) is 7.57. The number of anilines is 1. The third kappa shape index (κ3) is 2.58. The molecule has 23 heavy (non-hydrogen) atoms. The fraction of sp³-hybridized carbons (Fsp3) is 0. The summed E-state index contributed by atoms with van der Waals surface area (Å²) in [4.78, 5) is 17.2. The van der Waals surface area contributed by atoms with Gasteiger partial charge in [0.2, 0.25) is 0 Å². The second-order valence-electron chi connectivity index (χ2n) is 4.80. The summed E-state index contributed by atoms with van der Waals surface area (Å²) in [6.45, 7) is 0. The average molecular weight is 322 g/mol. The van der Waals surface area contributed by atoms with Crippen molar-refractivity contribution in [3.63, 3.8) is 0 Å². The van der Waals surface area contributed by atoms with E-state index in [1.807, 2.05) is 30.3 Å². The number of benzene rings is 1. The van der Waals surface area contributed by atoms with Crippen molar-refractivity contribution in [1.82, 2.24) is 13.7 Å². The normalized spacial score (nSPS) is 10.8. The standard InChI is InChI=1S/C16H10N4O2S/c21-16(19-15-9-17-23-20-15)11-8-13(14-6-3-7-22-14)18-12-5-2-1-4-10(11)12/h1-9H,(H,19,20,21). The first-order chi connectivity index (χ1) is 11.3. The van der Waals surface area contributed by atoms with E-state index in [0.29, 0.717) is 22.8 Å². The molecule has 0 atom stereocenters. The molecule has 1 aromatic carbocycles. The van der Waals surface area contributed by atoms with Crippen molar-refractivity contribution in [2.75, 3.05) is 5.32 Å². The molecular weight excluding hydrogens is 312 g/mol. The predicted molar refractivity (Wildman–Crippen MR) is 87.3 cm³/mol. The van der Waals surface area contributed by atoms with Crippen LogP contribution in [0.4, 0.5) is 5.82 Å². The molecule has 4 aromatic rings. The topological polar surface area (TPSA) is 80.9 Å². The molecule has 7 heteroatoms. The molecule has 0 bridgehead atoms. The zero-order valence-electron chi connectivity index (χ0n) is 11.8. The van der Waals surface area contributed by atoms with Gasteiger partial charge in [-0.25, -0.2) is 4.98 Å². The van der Waals surface area contributed by atoms with Gasteiger partial charge < -0.3 is 9.73 Å². The van der Waals surface area contributed by atoms with Gasteiger partial charge in [-0.1, -0.05) is 18.2 Å². The highest BCUT2D eigenvalue weighted by atomic mass is 32.1. The lowest BCUT2D eigenvalue weighted by atomic mass is 10.1. The molecule has 0 aliphatic rings. The molecule has 1 amide bonds. The van der Waals surface area contributed by atoms with Crippen LogP contribution in [0.2, 0.25) is 0 Å². The number of carbonyl (C=O) groups is 1. The van der Waals surface area contributed by atoms with Crippen LogP contribution in [-0.4, -0.2) is 19.6 Å². The molecular formula is C16H10N4O2S. The van der Waals surface area contributed by atoms with Gasteiger partial charge in [-0.15, -0.1) is 0 Å².